The van der Waals surface area contributed by atoms with Gasteiger partial charge in [-0.05, 0) is 32.0 Å². The second-order valence-corrected chi connectivity index (χ2v) is 3.74. The molecule has 0 fully saturated rings. The van der Waals surface area contributed by atoms with E-state index in [1.807, 2.05) is 6.92 Å². The van der Waals surface area contributed by atoms with Gasteiger partial charge in [-0.25, -0.2) is 0 Å². The number of carbonyl (C=O) groups excluding carboxylic acids is 1. The lowest BCUT2D eigenvalue weighted by molar-refractivity contribution is 0.112. The van der Waals surface area contributed by atoms with Crippen LogP contribution in [0.15, 0.2) is 18.2 Å². The van der Waals surface area contributed by atoms with Crippen molar-refractivity contribution in [2.24, 2.45) is 0 Å². The standard InChI is InChI=1S/C13H18O4/c1-3-16-13-8-11(9-14)4-5-12(13)17-7-6-10(2)15/h4-5,8-10,15H,3,6-7H2,1-2H3. The van der Waals surface area contributed by atoms with E-state index in [1.165, 1.54) is 0 Å². The molecule has 1 N–H and O–H groups in total. The van der Waals surface area contributed by atoms with Gasteiger partial charge in [0.05, 0.1) is 19.3 Å². The molecule has 0 radical (unpaired) electrons. The SMILES string of the molecule is CCOc1cc(C=O)ccc1OCCC(C)O. The Hall–Kier alpha value is -1.55. The molecule has 0 spiro atoms. The van der Waals surface area contributed by atoms with Gasteiger partial charge in [0.1, 0.15) is 6.29 Å². The molecule has 0 heterocycles. The summed E-state index contributed by atoms with van der Waals surface area (Å²) in [5.41, 5.74) is 0.552. The number of ether oxygens (including phenoxy) is 2. The predicted molar refractivity (Wildman–Crippen MR) is 64.8 cm³/mol. The van der Waals surface area contributed by atoms with Crippen molar-refractivity contribution in [1.29, 1.82) is 0 Å². The lowest BCUT2D eigenvalue weighted by Gasteiger charge is -2.12. The summed E-state index contributed by atoms with van der Waals surface area (Å²) in [5, 5.41) is 9.13. The first-order valence-corrected chi connectivity index (χ1v) is 5.70. The quantitative estimate of drug-likeness (QED) is 0.739. The molecule has 0 saturated heterocycles. The van der Waals surface area contributed by atoms with Gasteiger partial charge in [0.2, 0.25) is 0 Å². The number of aliphatic hydroxyl groups excluding tert-OH is 1. The Morgan fingerprint density at radius 1 is 1.35 bits per heavy atom. The second-order valence-electron chi connectivity index (χ2n) is 3.74. The highest BCUT2D eigenvalue weighted by Crippen LogP contribution is 2.28. The zero-order valence-electron chi connectivity index (χ0n) is 10.2. The number of aliphatic hydroxyl groups is 1. The normalized spacial score (nSPS) is 11.9. The number of rotatable bonds is 7. The Kier molecular flexibility index (Phi) is 5.49. The van der Waals surface area contributed by atoms with Gasteiger partial charge < -0.3 is 14.6 Å². The summed E-state index contributed by atoms with van der Waals surface area (Å²) in [6.45, 7) is 4.50. The molecular weight excluding hydrogens is 220 g/mol. The van der Waals surface area contributed by atoms with Crippen LogP contribution in [0.3, 0.4) is 0 Å². The Morgan fingerprint density at radius 3 is 2.71 bits per heavy atom. The average molecular weight is 238 g/mol. The summed E-state index contributed by atoms with van der Waals surface area (Å²) in [5.74, 6) is 1.15. The molecule has 17 heavy (non-hydrogen) atoms. The topological polar surface area (TPSA) is 55.8 Å². The molecule has 1 rings (SSSR count). The molecule has 94 valence electrons. The van der Waals surface area contributed by atoms with Crippen LogP contribution >= 0.6 is 0 Å². The van der Waals surface area contributed by atoms with Crippen LogP contribution in [0, 0.1) is 0 Å². The van der Waals surface area contributed by atoms with E-state index in [0.717, 1.165) is 6.29 Å². The van der Waals surface area contributed by atoms with E-state index in [0.29, 0.717) is 36.7 Å². The number of benzene rings is 1. The van der Waals surface area contributed by atoms with E-state index < -0.39 is 0 Å². The van der Waals surface area contributed by atoms with Crippen LogP contribution in [0.25, 0.3) is 0 Å². The molecule has 1 aromatic carbocycles. The molecule has 0 aliphatic rings. The second kappa shape index (κ2) is 6.91. The van der Waals surface area contributed by atoms with Gasteiger partial charge in [0.15, 0.2) is 11.5 Å². The van der Waals surface area contributed by atoms with E-state index in [1.54, 1.807) is 25.1 Å². The molecule has 1 unspecified atom stereocenters. The fourth-order valence-electron chi connectivity index (χ4n) is 1.32. The molecule has 4 heteroatoms. The first kappa shape index (κ1) is 13.5. The monoisotopic (exact) mass is 238 g/mol. The first-order valence-electron chi connectivity index (χ1n) is 5.70. The van der Waals surface area contributed by atoms with Gasteiger partial charge in [-0.2, -0.15) is 0 Å². The number of hydrogen-bond donors (Lipinski definition) is 1. The van der Waals surface area contributed by atoms with Crippen LogP contribution in [0.5, 0.6) is 11.5 Å². The van der Waals surface area contributed by atoms with E-state index in [4.69, 9.17) is 14.6 Å². The van der Waals surface area contributed by atoms with Gasteiger partial charge in [-0.1, -0.05) is 0 Å². The third kappa shape index (κ3) is 4.44. The summed E-state index contributed by atoms with van der Waals surface area (Å²) in [4.78, 5) is 10.6. The highest BCUT2D eigenvalue weighted by Gasteiger charge is 2.06. The number of hydrogen-bond acceptors (Lipinski definition) is 4. The van der Waals surface area contributed by atoms with Crippen molar-refractivity contribution in [3.63, 3.8) is 0 Å². The van der Waals surface area contributed by atoms with Gasteiger partial charge in [-0.3, -0.25) is 4.79 Å². The minimum Gasteiger partial charge on any atom is -0.490 e. The van der Waals surface area contributed by atoms with Crippen molar-refractivity contribution >= 4 is 6.29 Å². The fourth-order valence-corrected chi connectivity index (χ4v) is 1.32. The van der Waals surface area contributed by atoms with Crippen molar-refractivity contribution in [2.45, 2.75) is 26.4 Å². The largest absolute Gasteiger partial charge is 0.490 e. The maximum Gasteiger partial charge on any atom is 0.161 e. The van der Waals surface area contributed by atoms with E-state index in [2.05, 4.69) is 0 Å². The molecular formula is C13H18O4. The van der Waals surface area contributed by atoms with E-state index in [9.17, 15) is 4.79 Å². The third-order valence-corrected chi connectivity index (χ3v) is 2.20. The van der Waals surface area contributed by atoms with Gasteiger partial charge in [0, 0.05) is 12.0 Å². The molecule has 0 amide bonds. The van der Waals surface area contributed by atoms with Crippen molar-refractivity contribution in [2.75, 3.05) is 13.2 Å². The van der Waals surface area contributed by atoms with Gasteiger partial charge >= 0.3 is 0 Å². The molecule has 0 saturated carbocycles. The Bertz CT molecular complexity index is 360. The van der Waals surface area contributed by atoms with Gasteiger partial charge in [-0.15, -0.1) is 0 Å². The average Bonchev–Trinajstić information content (AvgIpc) is 2.31. The Labute approximate surface area is 101 Å². The third-order valence-electron chi connectivity index (χ3n) is 2.20. The van der Waals surface area contributed by atoms with E-state index in [-0.39, 0.29) is 6.10 Å². The van der Waals surface area contributed by atoms with Crippen molar-refractivity contribution < 1.29 is 19.4 Å². The minimum absolute atomic E-state index is 0.389. The molecule has 0 bridgehead atoms. The number of carbonyl (C=O) groups is 1. The molecule has 0 aliphatic carbocycles. The van der Waals surface area contributed by atoms with Crippen LogP contribution in [-0.2, 0) is 0 Å². The van der Waals surface area contributed by atoms with Crippen LogP contribution in [0.1, 0.15) is 30.6 Å². The first-order chi connectivity index (χ1) is 8.17. The molecule has 0 aliphatic heterocycles. The fraction of sp³-hybridized carbons (Fsp3) is 0.462. The summed E-state index contributed by atoms with van der Waals surface area (Å²) >= 11 is 0. The molecule has 1 aromatic rings. The summed E-state index contributed by atoms with van der Waals surface area (Å²) in [6, 6.07) is 5.03. The lowest BCUT2D eigenvalue weighted by Crippen LogP contribution is -2.08. The highest BCUT2D eigenvalue weighted by molar-refractivity contribution is 5.76. The zero-order chi connectivity index (χ0) is 12.7. The van der Waals surface area contributed by atoms with Crippen LogP contribution in [-0.4, -0.2) is 30.7 Å². The lowest BCUT2D eigenvalue weighted by atomic mass is 10.2. The van der Waals surface area contributed by atoms with Crippen molar-refractivity contribution in [1.82, 2.24) is 0 Å². The Balaban J connectivity index is 2.71. The minimum atomic E-state index is -0.389. The summed E-state index contributed by atoms with van der Waals surface area (Å²) in [7, 11) is 0. The highest BCUT2D eigenvalue weighted by atomic mass is 16.5. The van der Waals surface area contributed by atoms with Crippen LogP contribution < -0.4 is 9.47 Å². The smallest absolute Gasteiger partial charge is 0.161 e. The van der Waals surface area contributed by atoms with Crippen molar-refractivity contribution in [3.8, 4) is 11.5 Å². The van der Waals surface area contributed by atoms with Crippen LogP contribution in [0.2, 0.25) is 0 Å². The number of aldehydes is 1. The maximum absolute atomic E-state index is 10.6. The maximum atomic E-state index is 10.6. The summed E-state index contributed by atoms with van der Waals surface area (Å²) in [6.07, 6.45) is 0.933. The molecule has 0 aromatic heterocycles. The van der Waals surface area contributed by atoms with E-state index >= 15 is 0 Å². The zero-order valence-corrected chi connectivity index (χ0v) is 10.2. The van der Waals surface area contributed by atoms with Crippen molar-refractivity contribution in [3.05, 3.63) is 23.8 Å². The van der Waals surface area contributed by atoms with Crippen LogP contribution in [0.4, 0.5) is 0 Å². The summed E-state index contributed by atoms with van der Waals surface area (Å²) < 4.78 is 10.9. The molecule has 4 nitrogen and oxygen atoms in total. The predicted octanol–water partition coefficient (Wildman–Crippen LogP) is 2.05. The van der Waals surface area contributed by atoms with Gasteiger partial charge in [0.25, 0.3) is 0 Å². The Morgan fingerprint density at radius 2 is 2.12 bits per heavy atom. The molecule has 1 atom stereocenters.